The second-order valence-corrected chi connectivity index (χ2v) is 8.68. The average molecular weight is 384 g/mol. The molecule has 2 amide bonds. The molecule has 0 bridgehead atoms. The Bertz CT molecular complexity index is 593. The van der Waals surface area contributed by atoms with Gasteiger partial charge in [-0.1, -0.05) is 11.6 Å². The molecule has 2 rings (SSSR count). The highest BCUT2D eigenvalue weighted by Crippen LogP contribution is 2.20. The molecular formula is C18H26ClN3O2S. The monoisotopic (exact) mass is 383 g/mol. The summed E-state index contributed by atoms with van der Waals surface area (Å²) in [5.41, 5.74) is -0.215. The lowest BCUT2D eigenvalue weighted by Gasteiger charge is -2.34. The third-order valence-electron chi connectivity index (χ3n) is 3.78. The molecule has 0 radical (unpaired) electrons. The van der Waals surface area contributed by atoms with E-state index >= 15 is 0 Å². The summed E-state index contributed by atoms with van der Waals surface area (Å²) in [6.45, 7) is 9.11. The van der Waals surface area contributed by atoms with Crippen LogP contribution in [0, 0.1) is 0 Å². The van der Waals surface area contributed by atoms with Crippen LogP contribution in [0.1, 0.15) is 20.8 Å². The molecule has 0 saturated carbocycles. The summed E-state index contributed by atoms with van der Waals surface area (Å²) >= 11 is 7.38. The Morgan fingerprint density at radius 2 is 1.72 bits per heavy atom. The van der Waals surface area contributed by atoms with E-state index in [4.69, 9.17) is 11.6 Å². The Morgan fingerprint density at radius 3 is 2.28 bits per heavy atom. The molecule has 1 aromatic carbocycles. The van der Waals surface area contributed by atoms with Gasteiger partial charge in [0.05, 0.1) is 12.3 Å². The number of nitrogens with one attached hydrogen (secondary N) is 1. The van der Waals surface area contributed by atoms with Crippen molar-refractivity contribution in [3.05, 3.63) is 29.3 Å². The summed E-state index contributed by atoms with van der Waals surface area (Å²) in [5.74, 6) is 0.593. The fourth-order valence-corrected chi connectivity index (χ4v) is 3.51. The molecule has 138 valence electrons. The van der Waals surface area contributed by atoms with Crippen LogP contribution >= 0.6 is 23.4 Å². The predicted octanol–water partition coefficient (Wildman–Crippen LogP) is 2.49. The number of piperazine rings is 1. The minimum Gasteiger partial charge on any atom is -0.350 e. The molecular weight excluding hydrogens is 358 g/mol. The Kier molecular flexibility index (Phi) is 7.16. The summed E-state index contributed by atoms with van der Waals surface area (Å²) in [4.78, 5) is 29.3. The lowest BCUT2D eigenvalue weighted by atomic mass is 10.1. The third kappa shape index (κ3) is 7.26. The predicted molar refractivity (Wildman–Crippen MR) is 103 cm³/mol. The molecule has 0 unspecified atom stereocenters. The van der Waals surface area contributed by atoms with E-state index in [1.54, 1.807) is 0 Å². The quantitative estimate of drug-likeness (QED) is 0.794. The van der Waals surface area contributed by atoms with E-state index in [2.05, 4.69) is 10.2 Å². The van der Waals surface area contributed by atoms with Gasteiger partial charge in [0.2, 0.25) is 11.8 Å². The molecule has 1 aromatic rings. The molecule has 1 aliphatic rings. The van der Waals surface area contributed by atoms with Gasteiger partial charge in [-0.2, -0.15) is 0 Å². The van der Waals surface area contributed by atoms with E-state index in [1.165, 1.54) is 11.8 Å². The zero-order valence-corrected chi connectivity index (χ0v) is 16.6. The molecule has 0 aliphatic carbocycles. The number of thioether (sulfide) groups is 1. The first-order chi connectivity index (χ1) is 11.7. The maximum absolute atomic E-state index is 12.3. The van der Waals surface area contributed by atoms with Gasteiger partial charge in [0.15, 0.2) is 0 Å². The zero-order chi connectivity index (χ0) is 18.4. The third-order valence-corrected chi connectivity index (χ3v) is 5.03. The molecule has 1 heterocycles. The Labute approximate surface area is 159 Å². The molecule has 0 aromatic heterocycles. The summed E-state index contributed by atoms with van der Waals surface area (Å²) in [6.07, 6.45) is 0. The summed E-state index contributed by atoms with van der Waals surface area (Å²) < 4.78 is 0. The summed E-state index contributed by atoms with van der Waals surface area (Å²) in [7, 11) is 0. The smallest absolute Gasteiger partial charge is 0.234 e. The SMILES string of the molecule is CC(C)(C)NC(=O)CN1CCN(C(=O)CSc2ccc(Cl)cc2)CC1. The lowest BCUT2D eigenvalue weighted by molar-refractivity contribution is -0.130. The molecule has 1 aliphatic heterocycles. The fourth-order valence-electron chi connectivity index (χ4n) is 2.58. The van der Waals surface area contributed by atoms with Crippen LogP contribution in [0.3, 0.4) is 0 Å². The summed E-state index contributed by atoms with van der Waals surface area (Å²) in [5, 5.41) is 3.67. The minimum absolute atomic E-state index is 0.0329. The van der Waals surface area contributed by atoms with Crippen molar-refractivity contribution in [2.45, 2.75) is 31.2 Å². The van der Waals surface area contributed by atoms with Crippen molar-refractivity contribution in [1.82, 2.24) is 15.1 Å². The van der Waals surface area contributed by atoms with Crippen LogP contribution in [0.5, 0.6) is 0 Å². The first-order valence-electron chi connectivity index (χ1n) is 8.42. The van der Waals surface area contributed by atoms with E-state index in [0.29, 0.717) is 30.4 Å². The highest BCUT2D eigenvalue weighted by molar-refractivity contribution is 8.00. The molecule has 1 fully saturated rings. The first kappa shape index (κ1) is 20.1. The largest absolute Gasteiger partial charge is 0.350 e. The number of nitrogens with zero attached hydrogens (tertiary/aromatic N) is 2. The summed E-state index contributed by atoms with van der Waals surface area (Å²) in [6, 6.07) is 7.50. The topological polar surface area (TPSA) is 52.7 Å². The van der Waals surface area contributed by atoms with Gasteiger partial charge in [-0.05, 0) is 45.0 Å². The first-order valence-corrected chi connectivity index (χ1v) is 9.79. The van der Waals surface area contributed by atoms with Crippen LogP contribution in [-0.4, -0.2) is 65.6 Å². The van der Waals surface area contributed by atoms with E-state index in [1.807, 2.05) is 49.9 Å². The van der Waals surface area contributed by atoms with Gasteiger partial charge < -0.3 is 10.2 Å². The maximum atomic E-state index is 12.3. The van der Waals surface area contributed by atoms with Gasteiger partial charge >= 0.3 is 0 Å². The van der Waals surface area contributed by atoms with Gasteiger partial charge in [-0.15, -0.1) is 11.8 Å². The van der Waals surface area contributed by atoms with Gasteiger partial charge in [-0.25, -0.2) is 0 Å². The van der Waals surface area contributed by atoms with Crippen molar-refractivity contribution in [2.24, 2.45) is 0 Å². The zero-order valence-electron chi connectivity index (χ0n) is 15.0. The van der Waals surface area contributed by atoms with Gasteiger partial charge in [0, 0.05) is 41.6 Å². The second kappa shape index (κ2) is 8.92. The van der Waals surface area contributed by atoms with Crippen molar-refractivity contribution in [2.75, 3.05) is 38.5 Å². The number of carbonyl (C=O) groups is 2. The number of halogens is 1. The Morgan fingerprint density at radius 1 is 1.12 bits per heavy atom. The number of carbonyl (C=O) groups excluding carboxylic acids is 2. The van der Waals surface area contributed by atoms with Crippen molar-refractivity contribution >= 4 is 35.2 Å². The molecule has 25 heavy (non-hydrogen) atoms. The van der Waals surface area contributed by atoms with Crippen LogP contribution in [0.2, 0.25) is 5.02 Å². The van der Waals surface area contributed by atoms with Crippen LogP contribution < -0.4 is 5.32 Å². The highest BCUT2D eigenvalue weighted by Gasteiger charge is 2.23. The standard InChI is InChI=1S/C18H26ClN3O2S/c1-18(2,3)20-16(23)12-21-8-10-22(11-9-21)17(24)13-25-15-6-4-14(19)5-7-15/h4-7H,8-13H2,1-3H3,(H,20,23). The molecule has 1 saturated heterocycles. The number of hydrogen-bond donors (Lipinski definition) is 1. The Hall–Kier alpha value is -1.24. The number of hydrogen-bond acceptors (Lipinski definition) is 4. The molecule has 5 nitrogen and oxygen atoms in total. The normalized spacial score (nSPS) is 15.9. The van der Waals surface area contributed by atoms with Gasteiger partial charge in [0.1, 0.15) is 0 Å². The van der Waals surface area contributed by atoms with E-state index in [9.17, 15) is 9.59 Å². The van der Waals surface area contributed by atoms with E-state index in [-0.39, 0.29) is 17.4 Å². The number of amides is 2. The van der Waals surface area contributed by atoms with Crippen LogP contribution in [-0.2, 0) is 9.59 Å². The molecule has 0 atom stereocenters. The van der Waals surface area contributed by atoms with Crippen molar-refractivity contribution < 1.29 is 9.59 Å². The Balaban J connectivity index is 1.71. The lowest BCUT2D eigenvalue weighted by Crippen LogP contribution is -2.53. The number of rotatable bonds is 5. The molecule has 0 spiro atoms. The van der Waals surface area contributed by atoms with E-state index in [0.717, 1.165) is 18.0 Å². The molecule has 7 heteroatoms. The van der Waals surface area contributed by atoms with Crippen LogP contribution in [0.25, 0.3) is 0 Å². The van der Waals surface area contributed by atoms with Gasteiger partial charge in [-0.3, -0.25) is 14.5 Å². The van der Waals surface area contributed by atoms with Crippen molar-refractivity contribution in [3.63, 3.8) is 0 Å². The number of benzene rings is 1. The minimum atomic E-state index is -0.215. The second-order valence-electron chi connectivity index (χ2n) is 7.20. The van der Waals surface area contributed by atoms with Crippen molar-refractivity contribution in [3.8, 4) is 0 Å². The van der Waals surface area contributed by atoms with Crippen molar-refractivity contribution in [1.29, 1.82) is 0 Å². The van der Waals surface area contributed by atoms with Crippen LogP contribution in [0.15, 0.2) is 29.2 Å². The van der Waals surface area contributed by atoms with Crippen LogP contribution in [0.4, 0.5) is 0 Å². The highest BCUT2D eigenvalue weighted by atomic mass is 35.5. The molecule has 1 N–H and O–H groups in total. The average Bonchev–Trinajstić information content (AvgIpc) is 2.53. The van der Waals surface area contributed by atoms with Gasteiger partial charge in [0.25, 0.3) is 0 Å². The fraction of sp³-hybridized carbons (Fsp3) is 0.556. The van der Waals surface area contributed by atoms with E-state index < -0.39 is 0 Å². The maximum Gasteiger partial charge on any atom is 0.234 e.